The van der Waals surface area contributed by atoms with Crippen molar-refractivity contribution in [3.63, 3.8) is 0 Å². The SMILES string of the molecule is CC/C=C\C/C=C\C/C=C\C/C=C\C/C=C\CC(=O)OC(COCCC(C(=O)O)[N+](C)(C)C)COC(=O)CCCCCCCCCCCCCCCCCCCCCCCC. The summed E-state index contributed by atoms with van der Waals surface area (Å²) in [7, 11) is 5.50. The van der Waals surface area contributed by atoms with Gasteiger partial charge >= 0.3 is 17.9 Å². The number of allylic oxidation sites excluding steroid dienone is 9. The van der Waals surface area contributed by atoms with Gasteiger partial charge in [0.15, 0.2) is 12.1 Å². The van der Waals surface area contributed by atoms with Gasteiger partial charge in [-0.15, -0.1) is 0 Å². The Kier molecular flexibility index (Phi) is 41.5. The highest BCUT2D eigenvalue weighted by molar-refractivity contribution is 5.72. The molecule has 0 fully saturated rings. The number of carboxylic acid groups (broad SMARTS) is 1. The minimum absolute atomic E-state index is 0.0214. The number of likely N-dealkylation sites (N-methyl/N-ethyl adjacent to an activating group) is 1. The number of carbonyl (C=O) groups excluding carboxylic acids is 2. The normalized spacial score (nSPS) is 13.4. The maximum atomic E-state index is 12.7. The van der Waals surface area contributed by atoms with Crippen molar-refractivity contribution in [1.29, 1.82) is 0 Å². The van der Waals surface area contributed by atoms with E-state index in [1.165, 1.54) is 122 Å². The van der Waals surface area contributed by atoms with Gasteiger partial charge in [0.05, 0.1) is 40.8 Å². The first-order chi connectivity index (χ1) is 29.6. The number of rotatable bonds is 44. The first-order valence-electron chi connectivity index (χ1n) is 24.8. The van der Waals surface area contributed by atoms with Gasteiger partial charge in [-0.2, -0.15) is 0 Å². The van der Waals surface area contributed by atoms with Gasteiger partial charge in [0.1, 0.15) is 6.61 Å². The second-order valence-electron chi connectivity index (χ2n) is 17.7. The molecule has 352 valence electrons. The number of esters is 2. The Bertz CT molecular complexity index is 1180. The third-order valence-corrected chi connectivity index (χ3v) is 11.0. The van der Waals surface area contributed by atoms with Gasteiger partial charge < -0.3 is 23.8 Å². The van der Waals surface area contributed by atoms with Crippen LogP contribution in [0.3, 0.4) is 0 Å². The van der Waals surface area contributed by atoms with Crippen LogP contribution < -0.4 is 0 Å². The maximum Gasteiger partial charge on any atom is 0.362 e. The molecule has 0 bridgehead atoms. The topological polar surface area (TPSA) is 99.1 Å². The van der Waals surface area contributed by atoms with Crippen LogP contribution in [0.4, 0.5) is 0 Å². The van der Waals surface area contributed by atoms with Crippen LogP contribution in [-0.4, -0.2) is 80.6 Å². The second kappa shape index (κ2) is 43.7. The highest BCUT2D eigenvalue weighted by Gasteiger charge is 2.31. The first kappa shape index (κ1) is 58.0. The Hall–Kier alpha value is -2.97. The molecular formula is C53H94NO7+. The molecule has 0 radical (unpaired) electrons. The smallest absolute Gasteiger partial charge is 0.362 e. The Morgan fingerprint density at radius 3 is 1.30 bits per heavy atom. The number of ether oxygens (including phenoxy) is 3. The predicted octanol–water partition coefficient (Wildman–Crippen LogP) is 14.1. The molecule has 0 rings (SSSR count). The number of hydrogen-bond donors (Lipinski definition) is 1. The number of hydrogen-bond acceptors (Lipinski definition) is 6. The van der Waals surface area contributed by atoms with Gasteiger partial charge in [-0.25, -0.2) is 4.79 Å². The van der Waals surface area contributed by atoms with Gasteiger partial charge in [0, 0.05) is 12.8 Å². The summed E-state index contributed by atoms with van der Waals surface area (Å²) in [4.78, 5) is 37.0. The maximum absolute atomic E-state index is 12.7. The molecule has 0 aliphatic rings. The van der Waals surface area contributed by atoms with E-state index in [9.17, 15) is 19.5 Å². The predicted molar refractivity (Wildman–Crippen MR) is 257 cm³/mol. The van der Waals surface area contributed by atoms with Gasteiger partial charge in [0.25, 0.3) is 0 Å². The zero-order valence-corrected chi connectivity index (χ0v) is 40.1. The van der Waals surface area contributed by atoms with Gasteiger partial charge in [-0.1, -0.05) is 209 Å². The summed E-state index contributed by atoms with van der Waals surface area (Å²) in [5.41, 5.74) is 0. The van der Waals surface area contributed by atoms with Gasteiger partial charge in [-0.3, -0.25) is 9.59 Å². The van der Waals surface area contributed by atoms with E-state index in [2.05, 4.69) is 62.5 Å². The number of unbranched alkanes of at least 4 members (excludes halogenated alkanes) is 21. The summed E-state index contributed by atoms with van der Waals surface area (Å²) in [6.07, 6.45) is 54.5. The van der Waals surface area contributed by atoms with Crippen molar-refractivity contribution in [2.75, 3.05) is 41.0 Å². The van der Waals surface area contributed by atoms with Crippen molar-refractivity contribution in [2.24, 2.45) is 0 Å². The lowest BCUT2D eigenvalue weighted by Crippen LogP contribution is -2.50. The Balaban J connectivity index is 4.29. The lowest BCUT2D eigenvalue weighted by atomic mass is 10.0. The summed E-state index contributed by atoms with van der Waals surface area (Å²) in [5, 5.41) is 9.63. The van der Waals surface area contributed by atoms with E-state index in [-0.39, 0.29) is 36.7 Å². The third-order valence-electron chi connectivity index (χ3n) is 11.0. The van der Waals surface area contributed by atoms with E-state index in [0.717, 1.165) is 44.9 Å². The summed E-state index contributed by atoms with van der Waals surface area (Å²) in [6, 6.07) is -0.632. The average molecular weight is 857 g/mol. The van der Waals surface area contributed by atoms with Gasteiger partial charge in [-0.05, 0) is 38.5 Å². The first-order valence-corrected chi connectivity index (χ1v) is 24.8. The monoisotopic (exact) mass is 857 g/mol. The van der Waals surface area contributed by atoms with Crippen LogP contribution in [0.15, 0.2) is 60.8 Å². The van der Waals surface area contributed by atoms with Crippen LogP contribution in [0.1, 0.15) is 206 Å². The van der Waals surface area contributed by atoms with Crippen LogP contribution in [0.5, 0.6) is 0 Å². The highest BCUT2D eigenvalue weighted by atomic mass is 16.6. The van der Waals surface area contributed by atoms with E-state index >= 15 is 0 Å². The van der Waals surface area contributed by atoms with E-state index in [1.807, 2.05) is 27.2 Å². The Morgan fingerprint density at radius 1 is 0.508 bits per heavy atom. The molecule has 0 heterocycles. The number of nitrogens with zero attached hydrogens (tertiary/aromatic N) is 1. The van der Waals surface area contributed by atoms with E-state index in [1.54, 1.807) is 6.08 Å². The number of carboxylic acids is 1. The van der Waals surface area contributed by atoms with Crippen LogP contribution in [0.2, 0.25) is 0 Å². The van der Waals surface area contributed by atoms with E-state index in [0.29, 0.717) is 19.3 Å². The molecule has 0 amide bonds. The zero-order valence-electron chi connectivity index (χ0n) is 40.1. The zero-order chi connectivity index (χ0) is 44.9. The third kappa shape index (κ3) is 42.1. The summed E-state index contributed by atoms with van der Waals surface area (Å²) in [5.74, 6) is -1.62. The molecule has 0 aromatic carbocycles. The Labute approximate surface area is 375 Å². The lowest BCUT2D eigenvalue weighted by molar-refractivity contribution is -0.887. The highest BCUT2D eigenvalue weighted by Crippen LogP contribution is 2.16. The van der Waals surface area contributed by atoms with Gasteiger partial charge in [0.2, 0.25) is 0 Å². The number of aliphatic carboxylic acids is 1. The molecule has 2 unspecified atom stereocenters. The lowest BCUT2D eigenvalue weighted by Gasteiger charge is -2.31. The quantitative estimate of drug-likeness (QED) is 0.0282. The second-order valence-corrected chi connectivity index (χ2v) is 17.7. The van der Waals surface area contributed by atoms with Crippen LogP contribution in [-0.2, 0) is 28.6 Å². The van der Waals surface area contributed by atoms with Crippen molar-refractivity contribution in [2.45, 2.75) is 219 Å². The van der Waals surface area contributed by atoms with Crippen LogP contribution >= 0.6 is 0 Å². The van der Waals surface area contributed by atoms with Crippen molar-refractivity contribution >= 4 is 17.9 Å². The van der Waals surface area contributed by atoms with E-state index in [4.69, 9.17) is 14.2 Å². The molecule has 0 aromatic rings. The fraction of sp³-hybridized carbons (Fsp3) is 0.755. The summed E-state index contributed by atoms with van der Waals surface area (Å²) < 4.78 is 17.2. The van der Waals surface area contributed by atoms with Crippen molar-refractivity contribution in [1.82, 2.24) is 0 Å². The average Bonchev–Trinajstić information content (AvgIpc) is 3.22. The molecule has 0 aliphatic heterocycles. The molecule has 0 spiro atoms. The molecule has 0 aliphatic carbocycles. The molecule has 61 heavy (non-hydrogen) atoms. The van der Waals surface area contributed by atoms with Crippen molar-refractivity contribution < 1.29 is 38.2 Å². The Morgan fingerprint density at radius 2 is 0.902 bits per heavy atom. The van der Waals surface area contributed by atoms with Crippen molar-refractivity contribution in [3.05, 3.63) is 60.8 Å². The molecule has 1 N–H and O–H groups in total. The van der Waals surface area contributed by atoms with Crippen LogP contribution in [0.25, 0.3) is 0 Å². The molecular weight excluding hydrogens is 763 g/mol. The minimum atomic E-state index is -0.888. The molecule has 8 heteroatoms. The molecule has 8 nitrogen and oxygen atoms in total. The standard InChI is InChI=1S/C53H93NO7/c1-6-8-10-12-14-16-18-20-22-23-24-25-26-27-28-30-31-33-35-37-39-41-43-51(55)60-48-49(47-59-46-45-50(53(57)58)54(3,4)5)61-52(56)44-42-40-38-36-34-32-29-21-19-17-15-13-11-9-7-2/h9,11,15,17,21,29,34,36,40,42,49-50H,6-8,10,12-14,16,18-20,22-28,30-33,35,37-39,41,43-48H2,1-5H3/p+1/b11-9-,17-15-,29-21-,36-34-,42-40-. The molecule has 0 saturated heterocycles. The van der Waals surface area contributed by atoms with Crippen molar-refractivity contribution in [3.8, 4) is 0 Å². The molecule has 0 aromatic heterocycles. The van der Waals surface area contributed by atoms with E-state index < -0.39 is 24.1 Å². The number of quaternary nitrogens is 1. The summed E-state index contributed by atoms with van der Waals surface area (Å²) >= 11 is 0. The fourth-order valence-electron chi connectivity index (χ4n) is 7.17. The van der Waals surface area contributed by atoms with Crippen LogP contribution in [0, 0.1) is 0 Å². The molecule has 2 atom stereocenters. The fourth-order valence-corrected chi connectivity index (χ4v) is 7.17. The minimum Gasteiger partial charge on any atom is -0.477 e. The number of carbonyl (C=O) groups is 3. The largest absolute Gasteiger partial charge is 0.477 e. The molecule has 0 saturated carbocycles. The summed E-state index contributed by atoms with van der Waals surface area (Å²) in [6.45, 7) is 4.53.